The van der Waals surface area contributed by atoms with E-state index < -0.39 is 20.1 Å². The maximum absolute atomic E-state index is 12.3. The predicted molar refractivity (Wildman–Crippen MR) is 81.4 cm³/mol. The van der Waals surface area contributed by atoms with Crippen LogP contribution >= 0.6 is 11.6 Å². The fourth-order valence-electron chi connectivity index (χ4n) is 2.71. The van der Waals surface area contributed by atoms with Gasteiger partial charge in [0.05, 0.1) is 20.9 Å². The Morgan fingerprint density at radius 1 is 1.19 bits per heavy atom. The van der Waals surface area contributed by atoms with Crippen molar-refractivity contribution in [2.75, 3.05) is 5.75 Å². The standard InChI is InChI=1S/C14H18ClNO4S/c15-14(11-4-2-1-3-5-11)10-21(19,20)13-8-6-12(7-9-13)16(17)18/h6-9,11,14H,1-5,10H2. The minimum Gasteiger partial charge on any atom is -0.258 e. The molecule has 21 heavy (non-hydrogen) atoms. The molecule has 1 saturated carbocycles. The summed E-state index contributed by atoms with van der Waals surface area (Å²) in [6.45, 7) is 0. The lowest BCUT2D eigenvalue weighted by atomic mass is 9.87. The lowest BCUT2D eigenvalue weighted by Gasteiger charge is -2.25. The number of nitrogens with zero attached hydrogens (tertiary/aromatic N) is 1. The Morgan fingerprint density at radius 3 is 2.29 bits per heavy atom. The van der Waals surface area contributed by atoms with E-state index in [1.807, 2.05) is 0 Å². The van der Waals surface area contributed by atoms with Gasteiger partial charge in [-0.25, -0.2) is 8.42 Å². The van der Waals surface area contributed by atoms with Crippen molar-refractivity contribution in [2.45, 2.75) is 42.4 Å². The molecule has 0 aromatic heterocycles. The number of hydrogen-bond acceptors (Lipinski definition) is 4. The third-order valence-corrected chi connectivity index (χ3v) is 6.43. The number of halogens is 1. The largest absolute Gasteiger partial charge is 0.269 e. The molecule has 0 radical (unpaired) electrons. The highest BCUT2D eigenvalue weighted by Crippen LogP contribution is 2.31. The van der Waals surface area contributed by atoms with Gasteiger partial charge >= 0.3 is 0 Å². The molecule has 1 aliphatic rings. The van der Waals surface area contributed by atoms with E-state index >= 15 is 0 Å². The molecule has 0 amide bonds. The van der Waals surface area contributed by atoms with Crippen LogP contribution in [-0.2, 0) is 9.84 Å². The average Bonchev–Trinajstić information content (AvgIpc) is 2.48. The van der Waals surface area contributed by atoms with Gasteiger partial charge in [-0.3, -0.25) is 10.1 Å². The Hall–Kier alpha value is -1.14. The second-order valence-electron chi connectivity index (χ2n) is 5.45. The van der Waals surface area contributed by atoms with Gasteiger partial charge in [-0.1, -0.05) is 19.3 Å². The van der Waals surface area contributed by atoms with Crippen LogP contribution in [0.5, 0.6) is 0 Å². The Morgan fingerprint density at radius 2 is 1.76 bits per heavy atom. The van der Waals surface area contributed by atoms with Crippen molar-refractivity contribution in [3.05, 3.63) is 34.4 Å². The van der Waals surface area contributed by atoms with E-state index in [-0.39, 0.29) is 22.3 Å². The van der Waals surface area contributed by atoms with Gasteiger partial charge in [-0.2, -0.15) is 0 Å². The number of benzene rings is 1. The van der Waals surface area contributed by atoms with Gasteiger partial charge in [0.2, 0.25) is 0 Å². The summed E-state index contributed by atoms with van der Waals surface area (Å²) in [6, 6.07) is 4.96. The van der Waals surface area contributed by atoms with Gasteiger partial charge in [0, 0.05) is 12.1 Å². The van der Waals surface area contributed by atoms with Gasteiger partial charge < -0.3 is 0 Å². The van der Waals surface area contributed by atoms with Gasteiger partial charge in [-0.05, 0) is 30.9 Å². The zero-order chi connectivity index (χ0) is 15.5. The number of sulfone groups is 1. The summed E-state index contributed by atoms with van der Waals surface area (Å²) in [6.07, 6.45) is 5.35. The fraction of sp³-hybridized carbons (Fsp3) is 0.571. The summed E-state index contributed by atoms with van der Waals surface area (Å²) in [5, 5.41) is 10.2. The van der Waals surface area contributed by atoms with Crippen molar-refractivity contribution in [2.24, 2.45) is 5.92 Å². The zero-order valence-electron chi connectivity index (χ0n) is 11.6. The smallest absolute Gasteiger partial charge is 0.258 e. The van der Waals surface area contributed by atoms with E-state index in [0.29, 0.717) is 0 Å². The molecule has 1 unspecified atom stereocenters. The Labute approximate surface area is 129 Å². The van der Waals surface area contributed by atoms with E-state index in [9.17, 15) is 18.5 Å². The second kappa shape index (κ2) is 6.75. The van der Waals surface area contributed by atoms with Crippen molar-refractivity contribution >= 4 is 27.1 Å². The second-order valence-corrected chi connectivity index (χ2v) is 8.04. The normalized spacial score (nSPS) is 18.3. The molecule has 116 valence electrons. The molecule has 0 bridgehead atoms. The third-order valence-electron chi connectivity index (χ3n) is 3.95. The molecule has 1 atom stereocenters. The van der Waals surface area contributed by atoms with E-state index in [2.05, 4.69) is 0 Å². The van der Waals surface area contributed by atoms with E-state index in [4.69, 9.17) is 11.6 Å². The third kappa shape index (κ3) is 4.17. The Balaban J connectivity index is 2.08. The van der Waals surface area contributed by atoms with Crippen molar-refractivity contribution in [3.63, 3.8) is 0 Å². The minimum absolute atomic E-state index is 0.0922. The van der Waals surface area contributed by atoms with Crippen LogP contribution in [0.2, 0.25) is 0 Å². The molecule has 1 aromatic carbocycles. The molecule has 7 heteroatoms. The van der Waals surface area contributed by atoms with E-state index in [0.717, 1.165) is 25.7 Å². The topological polar surface area (TPSA) is 77.3 Å². The maximum atomic E-state index is 12.3. The highest BCUT2D eigenvalue weighted by molar-refractivity contribution is 7.91. The van der Waals surface area contributed by atoms with Crippen LogP contribution in [0.3, 0.4) is 0 Å². The first-order chi connectivity index (χ1) is 9.90. The quantitative estimate of drug-likeness (QED) is 0.469. The Kier molecular flexibility index (Phi) is 5.22. The molecule has 0 N–H and O–H groups in total. The molecular weight excluding hydrogens is 314 g/mol. The van der Waals surface area contributed by atoms with Gasteiger partial charge in [0.15, 0.2) is 9.84 Å². The summed E-state index contributed by atoms with van der Waals surface area (Å²) < 4.78 is 24.6. The number of nitro groups is 1. The molecular formula is C14H18ClNO4S. The van der Waals surface area contributed by atoms with Gasteiger partial charge in [0.1, 0.15) is 0 Å². The molecule has 1 aromatic rings. The first kappa shape index (κ1) is 16.2. The van der Waals surface area contributed by atoms with Crippen LogP contribution in [-0.4, -0.2) is 24.5 Å². The van der Waals surface area contributed by atoms with Crippen molar-refractivity contribution < 1.29 is 13.3 Å². The number of rotatable bonds is 5. The summed E-state index contributed by atoms with van der Waals surface area (Å²) in [5.74, 6) is 0.130. The van der Waals surface area contributed by atoms with Crippen molar-refractivity contribution in [1.29, 1.82) is 0 Å². The molecule has 2 rings (SSSR count). The van der Waals surface area contributed by atoms with Crippen molar-refractivity contribution in [3.8, 4) is 0 Å². The maximum Gasteiger partial charge on any atom is 0.269 e. The highest BCUT2D eigenvalue weighted by Gasteiger charge is 2.27. The molecule has 0 aliphatic heterocycles. The van der Waals surface area contributed by atoms with E-state index in [1.54, 1.807) is 0 Å². The van der Waals surface area contributed by atoms with Crippen LogP contribution in [0.4, 0.5) is 5.69 Å². The molecule has 5 nitrogen and oxygen atoms in total. The first-order valence-corrected chi connectivity index (χ1v) is 9.10. The summed E-state index contributed by atoms with van der Waals surface area (Å²) in [5.41, 5.74) is -0.122. The number of non-ortho nitro benzene ring substituents is 1. The number of nitro benzene ring substituents is 1. The lowest BCUT2D eigenvalue weighted by molar-refractivity contribution is -0.384. The highest BCUT2D eigenvalue weighted by atomic mass is 35.5. The van der Waals surface area contributed by atoms with Crippen LogP contribution in [0, 0.1) is 16.0 Å². The Bertz CT molecular complexity index is 594. The van der Waals surface area contributed by atoms with Crippen molar-refractivity contribution in [1.82, 2.24) is 0 Å². The minimum atomic E-state index is -3.51. The molecule has 1 fully saturated rings. The molecule has 0 spiro atoms. The number of alkyl halides is 1. The molecule has 0 saturated heterocycles. The van der Waals surface area contributed by atoms with Crippen LogP contribution in [0.25, 0.3) is 0 Å². The van der Waals surface area contributed by atoms with Gasteiger partial charge in [0.25, 0.3) is 5.69 Å². The predicted octanol–water partition coefficient (Wildman–Crippen LogP) is 3.56. The zero-order valence-corrected chi connectivity index (χ0v) is 13.1. The summed E-state index contributed by atoms with van der Waals surface area (Å²) >= 11 is 6.29. The van der Waals surface area contributed by atoms with Crippen LogP contribution in [0.1, 0.15) is 32.1 Å². The van der Waals surface area contributed by atoms with Crippen LogP contribution in [0.15, 0.2) is 29.2 Å². The lowest BCUT2D eigenvalue weighted by Crippen LogP contribution is -2.26. The van der Waals surface area contributed by atoms with Gasteiger partial charge in [-0.15, -0.1) is 11.6 Å². The average molecular weight is 332 g/mol. The fourth-order valence-corrected chi connectivity index (χ4v) is 4.90. The van der Waals surface area contributed by atoms with E-state index in [1.165, 1.54) is 30.7 Å². The van der Waals surface area contributed by atoms with Crippen LogP contribution < -0.4 is 0 Å². The molecule has 1 aliphatic carbocycles. The first-order valence-electron chi connectivity index (χ1n) is 7.01. The SMILES string of the molecule is O=[N+]([O-])c1ccc(S(=O)(=O)CC(Cl)C2CCCCC2)cc1. The summed E-state index contributed by atoms with van der Waals surface area (Å²) in [4.78, 5) is 10.1. The summed E-state index contributed by atoms with van der Waals surface area (Å²) in [7, 11) is -3.51. The molecule has 0 heterocycles. The number of hydrogen-bond donors (Lipinski definition) is 0. The monoisotopic (exact) mass is 331 g/mol.